The fourth-order valence-electron chi connectivity index (χ4n) is 1.71. The van der Waals surface area contributed by atoms with Crippen molar-refractivity contribution < 1.29 is 9.53 Å². The van der Waals surface area contributed by atoms with Crippen molar-refractivity contribution >= 4 is 11.6 Å². The smallest absolute Gasteiger partial charge is 0.251 e. The van der Waals surface area contributed by atoms with Crippen molar-refractivity contribution in [2.45, 2.75) is 19.8 Å². The molecule has 0 spiro atoms. The molecule has 1 amide bonds. The third-order valence-electron chi connectivity index (χ3n) is 2.74. The summed E-state index contributed by atoms with van der Waals surface area (Å²) in [6, 6.07) is 6.98. The highest BCUT2D eigenvalue weighted by atomic mass is 16.5. The second kappa shape index (κ2) is 10.2. The Balaban J connectivity index is 2.02. The number of hydrogen-bond acceptors (Lipinski definition) is 4. The molecule has 20 heavy (non-hydrogen) atoms. The molecule has 0 heterocycles. The van der Waals surface area contributed by atoms with Gasteiger partial charge in [-0.05, 0) is 37.6 Å². The fraction of sp³-hybridized carbons (Fsp3) is 0.533. The molecule has 1 aromatic rings. The summed E-state index contributed by atoms with van der Waals surface area (Å²) in [7, 11) is 0. The van der Waals surface area contributed by atoms with Crippen LogP contribution in [0.5, 0.6) is 0 Å². The zero-order valence-electron chi connectivity index (χ0n) is 12.2. The number of amides is 1. The molecule has 0 saturated heterocycles. The minimum absolute atomic E-state index is 0.0800. The molecular weight excluding hydrogens is 254 g/mol. The van der Waals surface area contributed by atoms with Crippen molar-refractivity contribution in [1.82, 2.24) is 10.6 Å². The molecule has 0 radical (unpaired) electrons. The zero-order chi connectivity index (χ0) is 14.6. The van der Waals surface area contributed by atoms with Crippen LogP contribution in [0.4, 0.5) is 5.69 Å². The van der Waals surface area contributed by atoms with Crippen LogP contribution in [0.3, 0.4) is 0 Å². The summed E-state index contributed by atoms with van der Waals surface area (Å²) < 4.78 is 5.35. The summed E-state index contributed by atoms with van der Waals surface area (Å²) in [5, 5.41) is 6.14. The van der Waals surface area contributed by atoms with Gasteiger partial charge in [-0.25, -0.2) is 0 Å². The van der Waals surface area contributed by atoms with Crippen LogP contribution in [-0.4, -0.2) is 38.8 Å². The summed E-state index contributed by atoms with van der Waals surface area (Å²) in [6.07, 6.45) is 1.94. The summed E-state index contributed by atoms with van der Waals surface area (Å²) in [4.78, 5) is 11.8. The average Bonchev–Trinajstić information content (AvgIpc) is 2.45. The van der Waals surface area contributed by atoms with Crippen molar-refractivity contribution in [2.24, 2.45) is 0 Å². The Kier molecular flexibility index (Phi) is 8.42. The van der Waals surface area contributed by atoms with E-state index in [4.69, 9.17) is 10.5 Å². The highest BCUT2D eigenvalue weighted by Crippen LogP contribution is 2.05. The standard InChI is InChI=1S/C15H25N3O2/c1-2-10-20-11-9-17-7-4-8-18-15(19)13-5-3-6-14(16)12-13/h3,5-6,12,17H,2,4,7-11,16H2,1H3,(H,18,19). The van der Waals surface area contributed by atoms with E-state index in [1.807, 2.05) is 0 Å². The quantitative estimate of drug-likeness (QED) is 0.447. The van der Waals surface area contributed by atoms with Crippen molar-refractivity contribution in [2.75, 3.05) is 38.6 Å². The minimum Gasteiger partial charge on any atom is -0.399 e. The molecule has 0 aliphatic rings. The Morgan fingerprint density at radius 2 is 2.10 bits per heavy atom. The van der Waals surface area contributed by atoms with Crippen LogP contribution in [0.25, 0.3) is 0 Å². The van der Waals surface area contributed by atoms with Gasteiger partial charge in [0.15, 0.2) is 0 Å². The molecule has 5 nitrogen and oxygen atoms in total. The van der Waals surface area contributed by atoms with Gasteiger partial charge in [-0.1, -0.05) is 13.0 Å². The molecule has 4 N–H and O–H groups in total. The van der Waals surface area contributed by atoms with E-state index in [0.29, 0.717) is 17.8 Å². The van der Waals surface area contributed by atoms with E-state index in [0.717, 1.165) is 39.1 Å². The highest BCUT2D eigenvalue weighted by molar-refractivity contribution is 5.94. The number of nitrogens with two attached hydrogens (primary N) is 1. The molecule has 0 unspecified atom stereocenters. The number of hydrogen-bond donors (Lipinski definition) is 3. The number of anilines is 1. The molecule has 112 valence electrons. The molecule has 1 rings (SSSR count). The molecule has 5 heteroatoms. The van der Waals surface area contributed by atoms with Crippen LogP contribution in [0.1, 0.15) is 30.1 Å². The first-order valence-electron chi connectivity index (χ1n) is 7.16. The van der Waals surface area contributed by atoms with E-state index in [1.165, 1.54) is 0 Å². The Labute approximate surface area is 120 Å². The van der Waals surface area contributed by atoms with Crippen LogP contribution >= 0.6 is 0 Å². The Bertz CT molecular complexity index is 396. The number of nitrogen functional groups attached to an aromatic ring is 1. The molecule has 0 atom stereocenters. The van der Waals surface area contributed by atoms with Gasteiger partial charge in [-0.15, -0.1) is 0 Å². The molecule has 0 bridgehead atoms. The zero-order valence-corrected chi connectivity index (χ0v) is 12.2. The maximum absolute atomic E-state index is 11.8. The highest BCUT2D eigenvalue weighted by Gasteiger charge is 2.03. The van der Waals surface area contributed by atoms with Gasteiger partial charge >= 0.3 is 0 Å². The number of carbonyl (C=O) groups is 1. The van der Waals surface area contributed by atoms with Gasteiger partial charge in [0.1, 0.15) is 0 Å². The van der Waals surface area contributed by atoms with E-state index >= 15 is 0 Å². The topological polar surface area (TPSA) is 76.4 Å². The molecule has 1 aromatic carbocycles. The first kappa shape index (κ1) is 16.5. The van der Waals surface area contributed by atoms with Gasteiger partial charge in [0.25, 0.3) is 5.91 Å². The molecule has 0 aromatic heterocycles. The van der Waals surface area contributed by atoms with E-state index in [9.17, 15) is 4.79 Å². The normalized spacial score (nSPS) is 10.4. The maximum atomic E-state index is 11.8. The Morgan fingerprint density at radius 3 is 2.85 bits per heavy atom. The van der Waals surface area contributed by atoms with Crippen molar-refractivity contribution in [3.8, 4) is 0 Å². The maximum Gasteiger partial charge on any atom is 0.251 e. The molecule has 0 saturated carbocycles. The van der Waals surface area contributed by atoms with Gasteiger partial charge in [-0.2, -0.15) is 0 Å². The second-order valence-electron chi connectivity index (χ2n) is 4.60. The second-order valence-corrected chi connectivity index (χ2v) is 4.60. The molecule has 0 aliphatic heterocycles. The van der Waals surface area contributed by atoms with Crippen molar-refractivity contribution in [3.05, 3.63) is 29.8 Å². The molecule has 0 fully saturated rings. The van der Waals surface area contributed by atoms with Gasteiger partial charge in [0, 0.05) is 30.9 Å². The lowest BCUT2D eigenvalue weighted by Crippen LogP contribution is -2.28. The van der Waals surface area contributed by atoms with Gasteiger partial charge < -0.3 is 21.1 Å². The fourth-order valence-corrected chi connectivity index (χ4v) is 1.71. The van der Waals surface area contributed by atoms with Gasteiger partial charge in [-0.3, -0.25) is 4.79 Å². The van der Waals surface area contributed by atoms with Crippen LogP contribution in [-0.2, 0) is 4.74 Å². The van der Waals surface area contributed by atoms with E-state index in [-0.39, 0.29) is 5.91 Å². The third-order valence-corrected chi connectivity index (χ3v) is 2.74. The third kappa shape index (κ3) is 7.11. The summed E-state index contributed by atoms with van der Waals surface area (Å²) in [5.41, 5.74) is 6.84. The van der Waals surface area contributed by atoms with Gasteiger partial charge in [0.2, 0.25) is 0 Å². The number of carbonyl (C=O) groups excluding carboxylic acids is 1. The first-order chi connectivity index (χ1) is 9.74. The average molecular weight is 279 g/mol. The van der Waals surface area contributed by atoms with Gasteiger partial charge in [0.05, 0.1) is 6.61 Å². The van der Waals surface area contributed by atoms with Crippen LogP contribution in [0.15, 0.2) is 24.3 Å². The predicted molar refractivity (Wildman–Crippen MR) is 81.8 cm³/mol. The summed E-state index contributed by atoms with van der Waals surface area (Å²) in [5.74, 6) is -0.0800. The van der Waals surface area contributed by atoms with Crippen LogP contribution in [0.2, 0.25) is 0 Å². The lowest BCUT2D eigenvalue weighted by molar-refractivity contribution is 0.0953. The lowest BCUT2D eigenvalue weighted by atomic mass is 10.2. The monoisotopic (exact) mass is 279 g/mol. The van der Waals surface area contributed by atoms with Crippen molar-refractivity contribution in [3.63, 3.8) is 0 Å². The van der Waals surface area contributed by atoms with E-state index in [2.05, 4.69) is 17.6 Å². The lowest BCUT2D eigenvalue weighted by Gasteiger charge is -2.07. The number of rotatable bonds is 10. The van der Waals surface area contributed by atoms with E-state index < -0.39 is 0 Å². The van der Waals surface area contributed by atoms with Crippen LogP contribution < -0.4 is 16.4 Å². The predicted octanol–water partition coefficient (Wildman–Crippen LogP) is 1.40. The largest absolute Gasteiger partial charge is 0.399 e. The minimum atomic E-state index is -0.0800. The summed E-state index contributed by atoms with van der Waals surface area (Å²) in [6.45, 7) is 6.02. The first-order valence-corrected chi connectivity index (χ1v) is 7.16. The Morgan fingerprint density at radius 1 is 1.25 bits per heavy atom. The van der Waals surface area contributed by atoms with Crippen LogP contribution in [0, 0.1) is 0 Å². The number of ether oxygens (including phenoxy) is 1. The SMILES string of the molecule is CCCOCCNCCCNC(=O)c1cccc(N)c1. The summed E-state index contributed by atoms with van der Waals surface area (Å²) >= 11 is 0. The molecular formula is C15H25N3O2. The number of benzene rings is 1. The van der Waals surface area contributed by atoms with Crippen molar-refractivity contribution in [1.29, 1.82) is 0 Å². The number of nitrogens with one attached hydrogen (secondary N) is 2. The van der Waals surface area contributed by atoms with E-state index in [1.54, 1.807) is 24.3 Å². The molecule has 0 aliphatic carbocycles. The Hall–Kier alpha value is -1.59.